The van der Waals surface area contributed by atoms with Gasteiger partial charge >= 0.3 is 0 Å². The molecule has 0 bridgehead atoms. The quantitative estimate of drug-likeness (QED) is 0.700. The molecule has 8 nitrogen and oxygen atoms in total. The molecular formula is C16H21N7O. The van der Waals surface area contributed by atoms with Crippen LogP contribution in [0.1, 0.15) is 36.1 Å². The van der Waals surface area contributed by atoms with E-state index < -0.39 is 0 Å². The second-order valence-electron chi connectivity index (χ2n) is 5.82. The lowest BCUT2D eigenvalue weighted by Gasteiger charge is -2.13. The lowest BCUT2D eigenvalue weighted by molar-refractivity contribution is 0.316. The summed E-state index contributed by atoms with van der Waals surface area (Å²) in [5.41, 5.74) is 1.15. The fourth-order valence-electron chi connectivity index (χ4n) is 2.50. The minimum Gasteiger partial charge on any atom is -0.337 e. The van der Waals surface area contributed by atoms with E-state index in [1.54, 1.807) is 4.68 Å². The summed E-state index contributed by atoms with van der Waals surface area (Å²) in [6.45, 7) is 3.93. The first-order valence-electron chi connectivity index (χ1n) is 7.95. The van der Waals surface area contributed by atoms with Gasteiger partial charge in [0.15, 0.2) is 5.82 Å². The fourth-order valence-corrected chi connectivity index (χ4v) is 2.50. The highest BCUT2D eigenvalue weighted by Gasteiger charge is 2.25. The Hall–Kier alpha value is -2.61. The summed E-state index contributed by atoms with van der Waals surface area (Å²) < 4.78 is 7.25. The zero-order valence-electron chi connectivity index (χ0n) is 14.0. The summed E-state index contributed by atoms with van der Waals surface area (Å²) in [4.78, 5) is 4.56. The van der Waals surface area contributed by atoms with Crippen molar-refractivity contribution in [1.82, 2.24) is 35.7 Å². The van der Waals surface area contributed by atoms with Gasteiger partial charge in [0.2, 0.25) is 0 Å². The van der Waals surface area contributed by atoms with Crippen LogP contribution in [0.15, 0.2) is 34.9 Å². The predicted octanol–water partition coefficient (Wildman–Crippen LogP) is 1.35. The second kappa shape index (κ2) is 7.31. The third kappa shape index (κ3) is 3.65. The summed E-state index contributed by atoms with van der Waals surface area (Å²) in [6.07, 6.45) is 1.38. The number of benzene rings is 1. The van der Waals surface area contributed by atoms with Crippen molar-refractivity contribution in [3.63, 3.8) is 0 Å². The molecule has 0 saturated carbocycles. The summed E-state index contributed by atoms with van der Waals surface area (Å²) in [6, 6.07) is 10.2. The van der Waals surface area contributed by atoms with E-state index in [0.29, 0.717) is 30.4 Å². The molecule has 0 aliphatic heterocycles. The maximum absolute atomic E-state index is 5.52. The molecule has 3 aromatic rings. The van der Waals surface area contributed by atoms with Crippen molar-refractivity contribution in [3.05, 3.63) is 53.4 Å². The van der Waals surface area contributed by atoms with Gasteiger partial charge in [0.1, 0.15) is 11.9 Å². The second-order valence-corrected chi connectivity index (χ2v) is 5.82. The molecule has 1 N–H and O–H groups in total. The zero-order valence-corrected chi connectivity index (χ0v) is 14.0. The van der Waals surface area contributed by atoms with Gasteiger partial charge in [-0.25, -0.2) is 4.68 Å². The average Bonchev–Trinajstić information content (AvgIpc) is 3.23. The van der Waals surface area contributed by atoms with E-state index in [2.05, 4.69) is 50.0 Å². The number of hydrogen-bond donors (Lipinski definition) is 1. The first-order valence-corrected chi connectivity index (χ1v) is 7.95. The van der Waals surface area contributed by atoms with Crippen molar-refractivity contribution in [2.75, 3.05) is 7.05 Å². The van der Waals surface area contributed by atoms with Gasteiger partial charge in [-0.3, -0.25) is 0 Å². The minimum atomic E-state index is -0.228. The lowest BCUT2D eigenvalue weighted by Crippen LogP contribution is -2.24. The van der Waals surface area contributed by atoms with Crippen LogP contribution in [0.5, 0.6) is 0 Å². The van der Waals surface area contributed by atoms with Gasteiger partial charge in [0.05, 0.1) is 0 Å². The van der Waals surface area contributed by atoms with Crippen LogP contribution in [-0.2, 0) is 12.8 Å². The highest BCUT2D eigenvalue weighted by atomic mass is 16.5. The molecule has 0 saturated heterocycles. The Morgan fingerprint density at radius 3 is 2.67 bits per heavy atom. The molecular weight excluding hydrogens is 306 g/mol. The molecule has 2 atom stereocenters. The van der Waals surface area contributed by atoms with Crippen LogP contribution in [0.2, 0.25) is 0 Å². The first-order chi connectivity index (χ1) is 11.7. The van der Waals surface area contributed by atoms with E-state index in [4.69, 9.17) is 4.52 Å². The molecule has 3 rings (SSSR count). The number of rotatable bonds is 7. The summed E-state index contributed by atoms with van der Waals surface area (Å²) in [5.74, 6) is 1.91. The van der Waals surface area contributed by atoms with Crippen molar-refractivity contribution in [1.29, 1.82) is 0 Å². The lowest BCUT2D eigenvalue weighted by atomic mass is 10.1. The van der Waals surface area contributed by atoms with Crippen molar-refractivity contribution < 1.29 is 4.52 Å². The van der Waals surface area contributed by atoms with Crippen molar-refractivity contribution >= 4 is 0 Å². The normalized spacial score (nSPS) is 13.8. The third-order valence-electron chi connectivity index (χ3n) is 3.97. The highest BCUT2D eigenvalue weighted by Crippen LogP contribution is 2.22. The molecule has 0 aliphatic carbocycles. The van der Waals surface area contributed by atoms with Crippen LogP contribution in [-0.4, -0.2) is 43.4 Å². The van der Waals surface area contributed by atoms with Crippen LogP contribution < -0.4 is 5.32 Å². The van der Waals surface area contributed by atoms with E-state index in [1.165, 1.54) is 0 Å². The molecule has 8 heteroatoms. The van der Waals surface area contributed by atoms with E-state index in [9.17, 15) is 0 Å². The van der Waals surface area contributed by atoms with Crippen molar-refractivity contribution in [3.8, 4) is 0 Å². The number of likely N-dealkylation sites (N-methyl/N-ethyl adjacent to an activating group) is 1. The van der Waals surface area contributed by atoms with E-state index in [0.717, 1.165) is 5.56 Å². The van der Waals surface area contributed by atoms with E-state index in [1.807, 2.05) is 32.2 Å². The zero-order chi connectivity index (χ0) is 16.9. The molecule has 0 aliphatic rings. The number of aryl methyl sites for hydroxylation is 1. The Bertz CT molecular complexity index is 768. The SMILES string of the molecule is CNC(C)Cc1noc(C(Cc2ccccc2)n2nnnc2C)n1. The predicted molar refractivity (Wildman–Crippen MR) is 87.4 cm³/mol. The maximum Gasteiger partial charge on any atom is 0.251 e. The molecule has 0 amide bonds. The third-order valence-corrected chi connectivity index (χ3v) is 3.97. The van der Waals surface area contributed by atoms with Gasteiger partial charge in [-0.15, -0.1) is 5.10 Å². The molecule has 24 heavy (non-hydrogen) atoms. The molecule has 0 radical (unpaired) electrons. The number of aromatic nitrogens is 6. The molecule has 2 unspecified atom stereocenters. The molecule has 2 heterocycles. The monoisotopic (exact) mass is 327 g/mol. The largest absolute Gasteiger partial charge is 0.337 e. The van der Waals surface area contributed by atoms with Gasteiger partial charge in [0, 0.05) is 18.9 Å². The standard InChI is InChI=1S/C16H21N7O/c1-11(17-3)9-15-18-16(24-20-15)14(23-12(2)19-21-22-23)10-13-7-5-4-6-8-13/h4-8,11,14,17H,9-10H2,1-3H3. The Morgan fingerprint density at radius 2 is 2.00 bits per heavy atom. The molecule has 1 aromatic carbocycles. The van der Waals surface area contributed by atoms with E-state index >= 15 is 0 Å². The number of nitrogens with zero attached hydrogens (tertiary/aromatic N) is 6. The summed E-state index contributed by atoms with van der Waals surface area (Å²) in [7, 11) is 1.91. The van der Waals surface area contributed by atoms with Gasteiger partial charge in [0.25, 0.3) is 5.89 Å². The van der Waals surface area contributed by atoms with Crippen LogP contribution in [0.25, 0.3) is 0 Å². The van der Waals surface area contributed by atoms with Crippen LogP contribution >= 0.6 is 0 Å². The Balaban J connectivity index is 1.89. The first kappa shape index (κ1) is 16.3. The highest BCUT2D eigenvalue weighted by molar-refractivity contribution is 5.17. The number of tetrazole rings is 1. The van der Waals surface area contributed by atoms with Crippen LogP contribution in [0.4, 0.5) is 0 Å². The van der Waals surface area contributed by atoms with Crippen LogP contribution in [0, 0.1) is 6.92 Å². The Labute approximate surface area is 140 Å². The fraction of sp³-hybridized carbons (Fsp3) is 0.438. The number of hydrogen-bond acceptors (Lipinski definition) is 7. The average molecular weight is 327 g/mol. The van der Waals surface area contributed by atoms with Gasteiger partial charge in [-0.05, 0) is 36.9 Å². The Kier molecular flexibility index (Phi) is 4.95. The minimum absolute atomic E-state index is 0.228. The maximum atomic E-state index is 5.52. The van der Waals surface area contributed by atoms with E-state index in [-0.39, 0.29) is 12.1 Å². The molecule has 126 valence electrons. The summed E-state index contributed by atoms with van der Waals surface area (Å²) in [5, 5.41) is 19.1. The van der Waals surface area contributed by atoms with Crippen molar-refractivity contribution in [2.24, 2.45) is 0 Å². The van der Waals surface area contributed by atoms with Gasteiger partial charge in [-0.2, -0.15) is 4.98 Å². The molecule has 0 fully saturated rings. The van der Waals surface area contributed by atoms with Crippen molar-refractivity contribution in [2.45, 2.75) is 38.8 Å². The Morgan fingerprint density at radius 1 is 1.21 bits per heavy atom. The van der Waals surface area contributed by atoms with Crippen LogP contribution in [0.3, 0.4) is 0 Å². The molecule has 0 spiro atoms. The van der Waals surface area contributed by atoms with Gasteiger partial charge in [-0.1, -0.05) is 35.5 Å². The van der Waals surface area contributed by atoms with Gasteiger partial charge < -0.3 is 9.84 Å². The summed E-state index contributed by atoms with van der Waals surface area (Å²) >= 11 is 0. The topological polar surface area (TPSA) is 94.6 Å². The molecule has 2 aromatic heterocycles. The smallest absolute Gasteiger partial charge is 0.251 e. The number of nitrogens with one attached hydrogen (secondary N) is 1.